The molecule has 2 aromatic heterocycles. The van der Waals surface area contributed by atoms with Crippen LogP contribution in [0.3, 0.4) is 0 Å². The smallest absolute Gasteiger partial charge is 0.287 e. The molecular weight excluding hydrogens is 304 g/mol. The number of rotatable bonds is 4. The molecule has 5 nitrogen and oxygen atoms in total. The van der Waals surface area contributed by atoms with Gasteiger partial charge in [0.2, 0.25) is 0 Å². The van der Waals surface area contributed by atoms with E-state index in [0.717, 1.165) is 23.4 Å². The molecule has 1 fully saturated rings. The van der Waals surface area contributed by atoms with Gasteiger partial charge in [0, 0.05) is 23.7 Å². The number of aromatic nitrogens is 1. The van der Waals surface area contributed by atoms with Gasteiger partial charge in [-0.1, -0.05) is 18.2 Å². The van der Waals surface area contributed by atoms with Crippen molar-refractivity contribution in [1.29, 1.82) is 0 Å². The van der Waals surface area contributed by atoms with Crippen LogP contribution in [-0.4, -0.2) is 24.0 Å². The van der Waals surface area contributed by atoms with Crippen molar-refractivity contribution < 1.29 is 13.9 Å². The Balaban J connectivity index is 1.48. The predicted molar refractivity (Wildman–Crippen MR) is 90.4 cm³/mol. The van der Waals surface area contributed by atoms with Gasteiger partial charge in [-0.05, 0) is 37.1 Å². The number of hydrogen-bond donors (Lipinski definition) is 1. The largest absolute Gasteiger partial charge is 0.496 e. The first-order valence-electron chi connectivity index (χ1n) is 7.96. The zero-order valence-corrected chi connectivity index (χ0v) is 13.6. The second-order valence-electron chi connectivity index (χ2n) is 6.11. The number of carbonyl (C=O) groups is 1. The SMILES string of the molecule is COc1ccccc1C1CC1NC(=O)c1cc2nc(C)ccc2o1. The van der Waals surface area contributed by atoms with Crippen molar-refractivity contribution in [1.82, 2.24) is 10.3 Å². The van der Waals surface area contributed by atoms with Crippen LogP contribution in [0.15, 0.2) is 46.9 Å². The first kappa shape index (κ1) is 14.8. The molecule has 2 atom stereocenters. The molecule has 2 unspecified atom stereocenters. The number of para-hydroxylation sites is 1. The van der Waals surface area contributed by atoms with Crippen molar-refractivity contribution in [3.8, 4) is 5.75 Å². The number of nitrogens with one attached hydrogen (secondary N) is 1. The Bertz CT molecular complexity index is 916. The van der Waals surface area contributed by atoms with Crippen LogP contribution in [0.2, 0.25) is 0 Å². The van der Waals surface area contributed by atoms with Crippen molar-refractivity contribution in [3.63, 3.8) is 0 Å². The summed E-state index contributed by atoms with van der Waals surface area (Å²) in [4.78, 5) is 16.8. The highest BCUT2D eigenvalue weighted by Crippen LogP contribution is 2.44. The molecule has 24 heavy (non-hydrogen) atoms. The zero-order valence-electron chi connectivity index (χ0n) is 13.6. The highest BCUT2D eigenvalue weighted by Gasteiger charge is 2.41. The number of furan rings is 1. The number of nitrogens with zero attached hydrogens (tertiary/aromatic N) is 1. The normalized spacial score (nSPS) is 19.2. The molecule has 5 heteroatoms. The van der Waals surface area contributed by atoms with E-state index in [1.54, 1.807) is 13.2 Å². The van der Waals surface area contributed by atoms with E-state index in [1.807, 2.05) is 43.3 Å². The van der Waals surface area contributed by atoms with Crippen LogP contribution in [0.4, 0.5) is 0 Å². The summed E-state index contributed by atoms with van der Waals surface area (Å²) in [5, 5.41) is 3.03. The molecule has 0 spiro atoms. The molecule has 122 valence electrons. The Kier molecular flexibility index (Phi) is 3.49. The number of aryl methyl sites for hydroxylation is 1. The maximum atomic E-state index is 12.4. The van der Waals surface area contributed by atoms with Gasteiger partial charge in [0.05, 0.1) is 7.11 Å². The topological polar surface area (TPSA) is 64.4 Å². The quantitative estimate of drug-likeness (QED) is 0.799. The van der Waals surface area contributed by atoms with Gasteiger partial charge < -0.3 is 14.5 Å². The molecule has 4 rings (SSSR count). The lowest BCUT2D eigenvalue weighted by Crippen LogP contribution is -2.26. The van der Waals surface area contributed by atoms with E-state index in [9.17, 15) is 4.79 Å². The Morgan fingerprint density at radius 3 is 2.96 bits per heavy atom. The molecule has 1 aliphatic rings. The van der Waals surface area contributed by atoms with Gasteiger partial charge in [0.15, 0.2) is 11.3 Å². The highest BCUT2D eigenvalue weighted by molar-refractivity contribution is 5.95. The Hall–Kier alpha value is -2.82. The van der Waals surface area contributed by atoms with E-state index in [-0.39, 0.29) is 17.9 Å². The standard InChI is InChI=1S/C19H18N2O3/c1-11-7-8-17-15(20-11)10-18(24-17)19(22)21-14-9-13(14)12-5-3-4-6-16(12)23-2/h3-8,10,13-14H,9H2,1-2H3,(H,21,22). The lowest BCUT2D eigenvalue weighted by atomic mass is 10.1. The molecule has 0 aliphatic heterocycles. The number of fused-ring (bicyclic) bond motifs is 1. The van der Waals surface area contributed by atoms with E-state index in [1.165, 1.54) is 0 Å². The summed E-state index contributed by atoms with van der Waals surface area (Å²) in [5.74, 6) is 1.25. The Morgan fingerprint density at radius 1 is 1.29 bits per heavy atom. The molecule has 0 radical (unpaired) electrons. The van der Waals surface area contributed by atoms with E-state index >= 15 is 0 Å². The van der Waals surface area contributed by atoms with Crippen LogP contribution in [-0.2, 0) is 0 Å². The number of methoxy groups -OCH3 is 1. The average Bonchev–Trinajstić information content (AvgIpc) is 3.21. The van der Waals surface area contributed by atoms with Gasteiger partial charge >= 0.3 is 0 Å². The Morgan fingerprint density at radius 2 is 2.12 bits per heavy atom. The summed E-state index contributed by atoms with van der Waals surface area (Å²) in [6.07, 6.45) is 0.906. The fourth-order valence-corrected chi connectivity index (χ4v) is 3.05. The number of pyridine rings is 1. The molecule has 1 saturated carbocycles. The van der Waals surface area contributed by atoms with Gasteiger partial charge in [-0.25, -0.2) is 4.98 Å². The van der Waals surface area contributed by atoms with Crippen LogP contribution in [0.5, 0.6) is 5.75 Å². The minimum Gasteiger partial charge on any atom is -0.496 e. The summed E-state index contributed by atoms with van der Waals surface area (Å²) in [6, 6.07) is 13.4. The number of ether oxygens (including phenoxy) is 1. The maximum Gasteiger partial charge on any atom is 0.287 e. The van der Waals surface area contributed by atoms with Gasteiger partial charge in [-0.15, -0.1) is 0 Å². The van der Waals surface area contributed by atoms with Crippen molar-refractivity contribution >= 4 is 17.0 Å². The third-order valence-electron chi connectivity index (χ3n) is 4.38. The van der Waals surface area contributed by atoms with Gasteiger partial charge in [-0.3, -0.25) is 4.79 Å². The molecule has 3 aromatic rings. The molecule has 0 saturated heterocycles. The molecular formula is C19H18N2O3. The van der Waals surface area contributed by atoms with Crippen LogP contribution < -0.4 is 10.1 Å². The van der Waals surface area contributed by atoms with Gasteiger partial charge in [-0.2, -0.15) is 0 Å². The number of carbonyl (C=O) groups excluding carboxylic acids is 1. The molecule has 0 bridgehead atoms. The predicted octanol–water partition coefficient (Wildman–Crippen LogP) is 3.43. The highest BCUT2D eigenvalue weighted by atomic mass is 16.5. The monoisotopic (exact) mass is 322 g/mol. The first-order chi connectivity index (χ1) is 11.7. The van der Waals surface area contributed by atoms with Crippen LogP contribution in [0, 0.1) is 6.92 Å². The molecule has 1 N–H and O–H groups in total. The van der Waals surface area contributed by atoms with Crippen LogP contribution >= 0.6 is 0 Å². The number of hydrogen-bond acceptors (Lipinski definition) is 4. The van der Waals surface area contributed by atoms with Crippen LogP contribution in [0.25, 0.3) is 11.1 Å². The summed E-state index contributed by atoms with van der Waals surface area (Å²) >= 11 is 0. The minimum absolute atomic E-state index is 0.108. The number of amides is 1. The van der Waals surface area contributed by atoms with Crippen molar-refractivity contribution in [3.05, 3.63) is 59.5 Å². The number of benzene rings is 1. The fraction of sp³-hybridized carbons (Fsp3) is 0.263. The zero-order chi connectivity index (χ0) is 16.7. The van der Waals surface area contributed by atoms with E-state index in [2.05, 4.69) is 10.3 Å². The minimum atomic E-state index is -0.201. The van der Waals surface area contributed by atoms with E-state index in [0.29, 0.717) is 16.9 Å². The average molecular weight is 322 g/mol. The van der Waals surface area contributed by atoms with Crippen molar-refractivity contribution in [2.75, 3.05) is 7.11 Å². The van der Waals surface area contributed by atoms with Crippen molar-refractivity contribution in [2.24, 2.45) is 0 Å². The molecule has 1 aliphatic carbocycles. The maximum absolute atomic E-state index is 12.4. The Labute approximate surface area is 139 Å². The second kappa shape index (κ2) is 5.67. The van der Waals surface area contributed by atoms with Gasteiger partial charge in [0.1, 0.15) is 11.3 Å². The fourth-order valence-electron chi connectivity index (χ4n) is 3.05. The summed E-state index contributed by atoms with van der Waals surface area (Å²) in [6.45, 7) is 1.91. The summed E-state index contributed by atoms with van der Waals surface area (Å²) < 4.78 is 11.0. The summed E-state index contributed by atoms with van der Waals surface area (Å²) in [7, 11) is 1.66. The third kappa shape index (κ3) is 2.62. The van der Waals surface area contributed by atoms with Crippen molar-refractivity contribution in [2.45, 2.75) is 25.3 Å². The van der Waals surface area contributed by atoms with Crippen LogP contribution in [0.1, 0.15) is 34.2 Å². The molecule has 2 heterocycles. The molecule has 1 amide bonds. The lowest BCUT2D eigenvalue weighted by molar-refractivity contribution is 0.0924. The summed E-state index contributed by atoms with van der Waals surface area (Å²) in [5.41, 5.74) is 3.36. The molecule has 1 aromatic carbocycles. The van der Waals surface area contributed by atoms with E-state index in [4.69, 9.17) is 9.15 Å². The second-order valence-corrected chi connectivity index (χ2v) is 6.11. The third-order valence-corrected chi connectivity index (χ3v) is 4.38. The first-order valence-corrected chi connectivity index (χ1v) is 7.96. The van der Waals surface area contributed by atoms with E-state index < -0.39 is 0 Å². The van der Waals surface area contributed by atoms with Gasteiger partial charge in [0.25, 0.3) is 5.91 Å². The lowest BCUT2D eigenvalue weighted by Gasteiger charge is -2.08.